The molecule has 2 rings (SSSR count). The van der Waals surface area contributed by atoms with Crippen molar-refractivity contribution < 1.29 is 19.4 Å². The molecule has 5 heteroatoms. The quantitative estimate of drug-likeness (QED) is 0.347. The summed E-state index contributed by atoms with van der Waals surface area (Å²) in [5, 5.41) is 9.56. The van der Waals surface area contributed by atoms with Crippen LogP contribution in [0.4, 0.5) is 5.69 Å². The number of nitrogens with two attached hydrogens (primary N) is 1. The first kappa shape index (κ1) is 21.9. The van der Waals surface area contributed by atoms with E-state index in [9.17, 15) is 14.7 Å². The molecule has 0 heterocycles. The van der Waals surface area contributed by atoms with E-state index in [1.807, 2.05) is 13.8 Å². The van der Waals surface area contributed by atoms with Crippen LogP contribution in [0.15, 0.2) is 35.9 Å². The topological polar surface area (TPSA) is 89.6 Å². The van der Waals surface area contributed by atoms with E-state index >= 15 is 0 Å². The van der Waals surface area contributed by atoms with Gasteiger partial charge in [0.15, 0.2) is 0 Å². The molecule has 1 atom stereocenters. The Morgan fingerprint density at radius 1 is 1.38 bits per heavy atom. The number of hydrogen-bond donors (Lipinski definition) is 2. The van der Waals surface area contributed by atoms with Gasteiger partial charge in [-0.3, -0.25) is 0 Å². The zero-order valence-corrected chi connectivity index (χ0v) is 16.0. The summed E-state index contributed by atoms with van der Waals surface area (Å²) >= 11 is 0. The third-order valence-electron chi connectivity index (χ3n) is 4.39. The van der Waals surface area contributed by atoms with Crippen LogP contribution in [0.3, 0.4) is 0 Å². The third kappa shape index (κ3) is 8.30. The van der Waals surface area contributed by atoms with Gasteiger partial charge in [-0.2, -0.15) is 0 Å². The Morgan fingerprint density at radius 2 is 2.08 bits per heavy atom. The zero-order chi connectivity index (χ0) is 19.6. The minimum absolute atomic E-state index is 0.253. The minimum atomic E-state index is -0.541. The Bertz CT molecular complexity index is 617. The molecule has 26 heavy (non-hydrogen) atoms. The Morgan fingerprint density at radius 3 is 2.58 bits per heavy atom. The summed E-state index contributed by atoms with van der Waals surface area (Å²) in [5.74, 6) is -0.147. The summed E-state index contributed by atoms with van der Waals surface area (Å²) in [6.45, 7) is 3.70. The largest absolute Gasteiger partial charge is 0.465 e. The number of ether oxygens (including phenoxy) is 1. The van der Waals surface area contributed by atoms with Crippen LogP contribution in [0, 0.1) is 5.92 Å². The number of nitrogen functional groups attached to an aromatic ring is 1. The number of esters is 1. The first-order chi connectivity index (χ1) is 12.3. The number of carbonyl (C=O) groups is 2. The summed E-state index contributed by atoms with van der Waals surface area (Å²) in [6.07, 6.45) is 9.25. The standard InChI is InChI=1S/C13H22O2.C8H9NO2/c1-13(2,15)9-3-4-11-5-7-12(10-14)8-6-11;1-11-8(10)6-4-2-3-5-7(6)9/h5,10,12,15H,3-4,6-9H2,1-2H3;2-5H,9H2,1H3. The Labute approximate surface area is 156 Å². The highest BCUT2D eigenvalue weighted by atomic mass is 16.5. The number of aliphatic hydroxyl groups is 1. The van der Waals surface area contributed by atoms with Crippen LogP contribution < -0.4 is 5.73 Å². The van der Waals surface area contributed by atoms with E-state index in [4.69, 9.17) is 5.73 Å². The highest BCUT2D eigenvalue weighted by Gasteiger charge is 2.15. The van der Waals surface area contributed by atoms with Crippen LogP contribution >= 0.6 is 0 Å². The van der Waals surface area contributed by atoms with Gasteiger partial charge >= 0.3 is 5.97 Å². The Balaban J connectivity index is 0.000000273. The molecule has 3 N–H and O–H groups in total. The maximum absolute atomic E-state index is 10.9. The Kier molecular flexibility index (Phi) is 9.07. The smallest absolute Gasteiger partial charge is 0.339 e. The number of methoxy groups -OCH3 is 1. The van der Waals surface area contributed by atoms with E-state index in [0.717, 1.165) is 44.8 Å². The summed E-state index contributed by atoms with van der Waals surface area (Å²) in [6, 6.07) is 6.79. The van der Waals surface area contributed by atoms with E-state index < -0.39 is 11.6 Å². The van der Waals surface area contributed by atoms with Gasteiger partial charge in [0.05, 0.1) is 18.3 Å². The number of rotatable bonds is 6. The molecule has 0 saturated carbocycles. The van der Waals surface area contributed by atoms with Crippen LogP contribution in [0.5, 0.6) is 0 Å². The lowest BCUT2D eigenvalue weighted by molar-refractivity contribution is -0.111. The van der Waals surface area contributed by atoms with E-state index in [1.165, 1.54) is 12.7 Å². The van der Waals surface area contributed by atoms with Gasteiger partial charge in [0, 0.05) is 11.6 Å². The molecular formula is C21H31NO4. The van der Waals surface area contributed by atoms with Crippen LogP contribution in [0.1, 0.15) is 62.7 Å². The molecule has 5 nitrogen and oxygen atoms in total. The van der Waals surface area contributed by atoms with Crippen LogP contribution in [0.2, 0.25) is 0 Å². The molecule has 0 bridgehead atoms. The second-order valence-electron chi connectivity index (χ2n) is 7.28. The second-order valence-corrected chi connectivity index (χ2v) is 7.28. The number of para-hydroxylation sites is 1. The van der Waals surface area contributed by atoms with Crippen molar-refractivity contribution in [1.29, 1.82) is 0 Å². The molecule has 0 fully saturated rings. The number of hydrogen-bond acceptors (Lipinski definition) is 5. The van der Waals surface area contributed by atoms with E-state index in [-0.39, 0.29) is 5.92 Å². The van der Waals surface area contributed by atoms with E-state index in [2.05, 4.69) is 10.8 Å². The fourth-order valence-electron chi connectivity index (χ4n) is 2.80. The highest BCUT2D eigenvalue weighted by molar-refractivity contribution is 5.94. The normalized spacial score (nSPS) is 16.8. The number of allylic oxidation sites excluding steroid dienone is 2. The van der Waals surface area contributed by atoms with Crippen molar-refractivity contribution in [2.75, 3.05) is 12.8 Å². The lowest BCUT2D eigenvalue weighted by atomic mass is 9.87. The van der Waals surface area contributed by atoms with Crippen molar-refractivity contribution in [3.8, 4) is 0 Å². The van der Waals surface area contributed by atoms with Crippen molar-refractivity contribution >= 4 is 17.9 Å². The minimum Gasteiger partial charge on any atom is -0.465 e. The van der Waals surface area contributed by atoms with Gasteiger partial charge in [-0.05, 0) is 64.5 Å². The maximum atomic E-state index is 10.9. The fourth-order valence-corrected chi connectivity index (χ4v) is 2.80. The number of benzene rings is 1. The van der Waals surface area contributed by atoms with Crippen molar-refractivity contribution in [2.24, 2.45) is 5.92 Å². The highest BCUT2D eigenvalue weighted by Crippen LogP contribution is 2.26. The first-order valence-corrected chi connectivity index (χ1v) is 9.05. The van der Waals surface area contributed by atoms with Gasteiger partial charge in [-0.25, -0.2) is 4.79 Å². The molecule has 1 unspecified atom stereocenters. The summed E-state index contributed by atoms with van der Waals surface area (Å²) in [4.78, 5) is 21.5. The second kappa shape index (κ2) is 10.8. The van der Waals surface area contributed by atoms with Crippen molar-refractivity contribution in [1.82, 2.24) is 0 Å². The summed E-state index contributed by atoms with van der Waals surface area (Å²) in [7, 11) is 1.33. The first-order valence-electron chi connectivity index (χ1n) is 9.05. The van der Waals surface area contributed by atoms with Gasteiger partial charge < -0.3 is 20.4 Å². The molecule has 0 aromatic heterocycles. The summed E-state index contributed by atoms with van der Waals surface area (Å²) in [5.41, 5.74) is 7.28. The molecule has 0 spiro atoms. The van der Waals surface area contributed by atoms with Crippen molar-refractivity contribution in [3.05, 3.63) is 41.5 Å². The van der Waals surface area contributed by atoms with Crippen LogP contribution in [-0.4, -0.2) is 30.1 Å². The molecule has 1 aliphatic carbocycles. The van der Waals surface area contributed by atoms with Gasteiger partial charge in [0.1, 0.15) is 6.29 Å². The lowest BCUT2D eigenvalue weighted by Gasteiger charge is -2.20. The molecule has 0 aliphatic heterocycles. The predicted molar refractivity (Wildman–Crippen MR) is 104 cm³/mol. The molecule has 0 saturated heterocycles. The monoisotopic (exact) mass is 361 g/mol. The molecule has 0 amide bonds. The molecule has 1 aromatic rings. The lowest BCUT2D eigenvalue weighted by Crippen LogP contribution is -2.18. The summed E-state index contributed by atoms with van der Waals surface area (Å²) < 4.78 is 4.50. The Hall–Kier alpha value is -2.14. The SMILES string of the molecule is CC(C)(O)CCCC1=CCC(C=O)CC1.COC(=O)c1ccccc1N. The molecule has 1 aromatic carbocycles. The van der Waals surface area contributed by atoms with Gasteiger partial charge in [-0.15, -0.1) is 0 Å². The van der Waals surface area contributed by atoms with Gasteiger partial charge in [0.2, 0.25) is 0 Å². The maximum Gasteiger partial charge on any atom is 0.339 e. The number of aldehydes is 1. The predicted octanol–water partition coefficient (Wildman–Crippen LogP) is 3.91. The number of carbonyl (C=O) groups excluding carboxylic acids is 2. The molecule has 1 aliphatic rings. The van der Waals surface area contributed by atoms with Crippen LogP contribution in [-0.2, 0) is 9.53 Å². The molecular weight excluding hydrogens is 330 g/mol. The van der Waals surface area contributed by atoms with Crippen LogP contribution in [0.25, 0.3) is 0 Å². The average molecular weight is 361 g/mol. The molecule has 0 radical (unpaired) electrons. The average Bonchev–Trinajstić information content (AvgIpc) is 2.61. The number of anilines is 1. The zero-order valence-electron chi connectivity index (χ0n) is 16.0. The van der Waals surface area contributed by atoms with E-state index in [1.54, 1.807) is 24.3 Å². The third-order valence-corrected chi connectivity index (χ3v) is 4.39. The van der Waals surface area contributed by atoms with E-state index in [0.29, 0.717) is 11.3 Å². The fraction of sp³-hybridized carbons (Fsp3) is 0.524. The molecule has 144 valence electrons. The van der Waals surface area contributed by atoms with Gasteiger partial charge in [-0.1, -0.05) is 23.8 Å². The van der Waals surface area contributed by atoms with Crippen molar-refractivity contribution in [3.63, 3.8) is 0 Å². The van der Waals surface area contributed by atoms with Gasteiger partial charge in [0.25, 0.3) is 0 Å². The van der Waals surface area contributed by atoms with Crippen molar-refractivity contribution in [2.45, 2.75) is 58.0 Å².